The summed E-state index contributed by atoms with van der Waals surface area (Å²) in [5.41, 5.74) is 15.2. The monoisotopic (exact) mass is 452 g/mol. The summed E-state index contributed by atoms with van der Waals surface area (Å²) in [6, 6.07) is 31.0. The highest BCUT2D eigenvalue weighted by Gasteiger charge is 2.38. The van der Waals surface area contributed by atoms with Crippen LogP contribution in [0.25, 0.3) is 37.9 Å². The quantitative estimate of drug-likeness (QED) is 0.263. The second kappa shape index (κ2) is 7.23. The standard InChI is InChI=1S/C33H28N2/c1-33(2)29-18-23(34)14-15-26(29)28-17-22-16-21-9-4-6-12-25(21)32(27(22)19-30(28)33)35-31-13-7-10-20-8-3-5-11-24(20)31/h3-13,16-19,35H,14-15,34H2,1-2H3. The number of nitrogens with two attached hydrogens (primary N) is 1. The first-order valence-corrected chi connectivity index (χ1v) is 12.5. The zero-order valence-corrected chi connectivity index (χ0v) is 20.2. The Morgan fingerprint density at radius 2 is 1.46 bits per heavy atom. The average Bonchev–Trinajstić information content (AvgIpc) is 3.08. The maximum Gasteiger partial charge on any atom is 0.0543 e. The second-order valence-corrected chi connectivity index (χ2v) is 10.5. The van der Waals surface area contributed by atoms with Crippen LogP contribution in [0, 0.1) is 0 Å². The van der Waals surface area contributed by atoms with Crippen molar-refractivity contribution in [3.8, 4) is 0 Å². The van der Waals surface area contributed by atoms with Gasteiger partial charge in [0, 0.05) is 33.0 Å². The molecular weight excluding hydrogens is 424 g/mol. The molecule has 7 rings (SSSR count). The minimum atomic E-state index is -0.0632. The molecule has 35 heavy (non-hydrogen) atoms. The van der Waals surface area contributed by atoms with Crippen LogP contribution in [-0.4, -0.2) is 0 Å². The lowest BCUT2D eigenvalue weighted by Gasteiger charge is -2.25. The molecule has 0 aromatic heterocycles. The lowest BCUT2D eigenvalue weighted by molar-refractivity contribution is 0.650. The molecule has 0 fully saturated rings. The lowest BCUT2D eigenvalue weighted by Crippen LogP contribution is -2.18. The number of rotatable bonds is 2. The van der Waals surface area contributed by atoms with Crippen LogP contribution < -0.4 is 11.1 Å². The van der Waals surface area contributed by atoms with E-state index in [2.05, 4.69) is 110 Å². The van der Waals surface area contributed by atoms with Crippen LogP contribution in [0.1, 0.15) is 37.8 Å². The van der Waals surface area contributed by atoms with Gasteiger partial charge in [-0.05, 0) is 81.6 Å². The summed E-state index contributed by atoms with van der Waals surface area (Å²) >= 11 is 0. The van der Waals surface area contributed by atoms with Crippen LogP contribution in [0.2, 0.25) is 0 Å². The van der Waals surface area contributed by atoms with Gasteiger partial charge in [-0.25, -0.2) is 0 Å². The molecule has 0 saturated carbocycles. The molecule has 5 aromatic rings. The molecule has 0 atom stereocenters. The van der Waals surface area contributed by atoms with E-state index in [1.54, 1.807) is 0 Å². The molecule has 2 heteroatoms. The van der Waals surface area contributed by atoms with Crippen molar-refractivity contribution < 1.29 is 0 Å². The summed E-state index contributed by atoms with van der Waals surface area (Å²) in [7, 11) is 0. The number of allylic oxidation sites excluding steroid dienone is 4. The largest absolute Gasteiger partial charge is 0.402 e. The summed E-state index contributed by atoms with van der Waals surface area (Å²) in [6.45, 7) is 4.68. The van der Waals surface area contributed by atoms with Gasteiger partial charge in [0.2, 0.25) is 0 Å². The van der Waals surface area contributed by atoms with E-state index in [1.165, 1.54) is 60.3 Å². The average molecular weight is 453 g/mol. The fourth-order valence-electron chi connectivity index (χ4n) is 6.22. The molecule has 2 aliphatic carbocycles. The van der Waals surface area contributed by atoms with E-state index in [0.717, 1.165) is 24.2 Å². The summed E-state index contributed by atoms with van der Waals surface area (Å²) in [6.07, 6.45) is 4.20. The van der Waals surface area contributed by atoms with Crippen molar-refractivity contribution in [3.63, 3.8) is 0 Å². The van der Waals surface area contributed by atoms with Crippen molar-refractivity contribution in [3.05, 3.63) is 113 Å². The molecule has 0 bridgehead atoms. The second-order valence-electron chi connectivity index (χ2n) is 10.5. The highest BCUT2D eigenvalue weighted by Crippen LogP contribution is 2.52. The normalized spacial score (nSPS) is 16.5. The Bertz CT molecular complexity index is 1750. The number of benzene rings is 5. The SMILES string of the molecule is CC1(C)C2=C(CCC(N)=C2)c2cc3cc4ccccc4c(Nc4cccc5ccccc45)c3cc21. The minimum absolute atomic E-state index is 0.0632. The molecule has 0 unspecified atom stereocenters. The van der Waals surface area contributed by atoms with Crippen molar-refractivity contribution >= 4 is 49.3 Å². The molecule has 2 aliphatic rings. The molecule has 0 radical (unpaired) electrons. The fraction of sp³-hybridized carbons (Fsp3) is 0.152. The number of hydrogen-bond acceptors (Lipinski definition) is 2. The zero-order chi connectivity index (χ0) is 23.7. The van der Waals surface area contributed by atoms with Crippen LogP contribution in [0.3, 0.4) is 0 Å². The van der Waals surface area contributed by atoms with Crippen molar-refractivity contribution in [1.82, 2.24) is 0 Å². The number of fused-ring (bicyclic) bond motifs is 5. The first kappa shape index (κ1) is 20.3. The fourth-order valence-corrected chi connectivity index (χ4v) is 6.22. The molecule has 0 amide bonds. The van der Waals surface area contributed by atoms with E-state index in [-0.39, 0.29) is 5.41 Å². The van der Waals surface area contributed by atoms with Crippen LogP contribution in [0.5, 0.6) is 0 Å². The molecular formula is C33H28N2. The third-order valence-electron chi connectivity index (χ3n) is 8.04. The maximum absolute atomic E-state index is 6.29. The smallest absolute Gasteiger partial charge is 0.0543 e. The minimum Gasteiger partial charge on any atom is -0.402 e. The summed E-state index contributed by atoms with van der Waals surface area (Å²) < 4.78 is 0. The molecule has 2 nitrogen and oxygen atoms in total. The van der Waals surface area contributed by atoms with Gasteiger partial charge in [-0.3, -0.25) is 0 Å². The van der Waals surface area contributed by atoms with Crippen molar-refractivity contribution in [2.24, 2.45) is 5.73 Å². The first-order chi connectivity index (χ1) is 17.0. The molecule has 170 valence electrons. The molecule has 0 heterocycles. The number of hydrogen-bond donors (Lipinski definition) is 2. The van der Waals surface area contributed by atoms with E-state index < -0.39 is 0 Å². The Kier molecular flexibility index (Phi) is 4.20. The molecule has 0 spiro atoms. The lowest BCUT2D eigenvalue weighted by atomic mass is 9.79. The third-order valence-corrected chi connectivity index (χ3v) is 8.04. The van der Waals surface area contributed by atoms with Crippen molar-refractivity contribution in [2.45, 2.75) is 32.1 Å². The maximum atomic E-state index is 6.29. The van der Waals surface area contributed by atoms with Gasteiger partial charge >= 0.3 is 0 Å². The van der Waals surface area contributed by atoms with Gasteiger partial charge in [-0.2, -0.15) is 0 Å². The van der Waals surface area contributed by atoms with E-state index in [4.69, 9.17) is 5.73 Å². The number of anilines is 2. The van der Waals surface area contributed by atoms with E-state index >= 15 is 0 Å². The molecule has 0 aliphatic heterocycles. The summed E-state index contributed by atoms with van der Waals surface area (Å²) in [5.74, 6) is 0. The Hall–Kier alpha value is -4.04. The predicted octanol–water partition coefficient (Wildman–Crippen LogP) is 8.57. The van der Waals surface area contributed by atoms with Crippen molar-refractivity contribution in [2.75, 3.05) is 5.32 Å². The van der Waals surface area contributed by atoms with E-state index in [1.807, 2.05) is 0 Å². The number of nitrogens with one attached hydrogen (secondary N) is 1. The van der Waals surface area contributed by atoms with Crippen LogP contribution in [0.15, 0.2) is 102 Å². The highest BCUT2D eigenvalue weighted by atomic mass is 14.9. The topological polar surface area (TPSA) is 38.0 Å². The molecule has 0 saturated heterocycles. The van der Waals surface area contributed by atoms with Crippen LogP contribution in [0.4, 0.5) is 11.4 Å². The Morgan fingerprint density at radius 3 is 2.31 bits per heavy atom. The van der Waals surface area contributed by atoms with Gasteiger partial charge in [-0.15, -0.1) is 0 Å². The third kappa shape index (κ3) is 2.96. The summed E-state index contributed by atoms with van der Waals surface area (Å²) in [4.78, 5) is 0. The van der Waals surface area contributed by atoms with Crippen LogP contribution in [-0.2, 0) is 5.41 Å². The van der Waals surface area contributed by atoms with Gasteiger partial charge < -0.3 is 11.1 Å². The van der Waals surface area contributed by atoms with Crippen LogP contribution >= 0.6 is 0 Å². The highest BCUT2D eigenvalue weighted by molar-refractivity contribution is 6.14. The first-order valence-electron chi connectivity index (χ1n) is 12.5. The van der Waals surface area contributed by atoms with Crippen molar-refractivity contribution in [1.29, 1.82) is 0 Å². The summed E-state index contributed by atoms with van der Waals surface area (Å²) in [5, 5.41) is 11.4. The van der Waals surface area contributed by atoms with Gasteiger partial charge in [-0.1, -0.05) is 74.5 Å². The predicted molar refractivity (Wildman–Crippen MR) is 150 cm³/mol. The molecule has 3 N–H and O–H groups in total. The van der Waals surface area contributed by atoms with Gasteiger partial charge in [0.1, 0.15) is 0 Å². The van der Waals surface area contributed by atoms with E-state index in [0.29, 0.717) is 0 Å². The van der Waals surface area contributed by atoms with E-state index in [9.17, 15) is 0 Å². The van der Waals surface area contributed by atoms with Gasteiger partial charge in [0.15, 0.2) is 0 Å². The van der Waals surface area contributed by atoms with Gasteiger partial charge in [0.05, 0.1) is 5.69 Å². The van der Waals surface area contributed by atoms with Gasteiger partial charge in [0.25, 0.3) is 0 Å². The zero-order valence-electron chi connectivity index (χ0n) is 20.2. The molecule has 5 aromatic carbocycles. The Balaban J connectivity index is 1.51. The Morgan fingerprint density at radius 1 is 0.714 bits per heavy atom. The Labute approximate surface area is 205 Å².